The summed E-state index contributed by atoms with van der Waals surface area (Å²) in [4.78, 5) is 28.4. The average Bonchev–Trinajstić information content (AvgIpc) is 2.77. The summed E-state index contributed by atoms with van der Waals surface area (Å²) in [6.07, 6.45) is 0.449. The van der Waals surface area contributed by atoms with E-state index >= 15 is 0 Å². The van der Waals surface area contributed by atoms with Gasteiger partial charge in [-0.05, 0) is 44.0 Å². The molecule has 160 valence electrons. The number of fused-ring (bicyclic) bond motifs is 3. The van der Waals surface area contributed by atoms with Gasteiger partial charge >= 0.3 is 0 Å². The van der Waals surface area contributed by atoms with Gasteiger partial charge in [0.15, 0.2) is 0 Å². The maximum absolute atomic E-state index is 13.1. The largest absolute Gasteiger partial charge is 0.367 e. The van der Waals surface area contributed by atoms with E-state index < -0.39 is 4.92 Å². The van der Waals surface area contributed by atoms with Crippen molar-refractivity contribution in [2.24, 2.45) is 5.92 Å². The quantitative estimate of drug-likeness (QED) is 0.604. The van der Waals surface area contributed by atoms with E-state index in [0.29, 0.717) is 31.6 Å². The summed E-state index contributed by atoms with van der Waals surface area (Å²) < 4.78 is 0. The van der Waals surface area contributed by atoms with E-state index in [9.17, 15) is 20.2 Å². The summed E-state index contributed by atoms with van der Waals surface area (Å²) in [6.45, 7) is 5.82. The summed E-state index contributed by atoms with van der Waals surface area (Å²) >= 11 is 0. The summed E-state index contributed by atoms with van der Waals surface area (Å²) in [6, 6.07) is 14.6. The zero-order valence-electron chi connectivity index (χ0n) is 17.6. The molecule has 1 fully saturated rings. The molecule has 8 heteroatoms. The van der Waals surface area contributed by atoms with Crippen LogP contribution in [0, 0.1) is 27.4 Å². The number of carbonyl (C=O) groups excluding carboxylic acids is 1. The standard InChI is InChI=1S/C23H25N5O3/c1-15(2)25-23(29)19-12-17-11-18(28(30)31)7-8-21(17)27-10-9-26(14-22(19)27)20-6-4-3-5-16(20)13-24/h3-8,11,15,19,22H,9-10,12,14H2,1-2H3,(H,25,29)/t19-,22+/m0/s1. The molecule has 1 amide bonds. The van der Waals surface area contributed by atoms with E-state index in [0.717, 1.165) is 16.9 Å². The number of piperazine rings is 1. The molecular weight excluding hydrogens is 394 g/mol. The van der Waals surface area contributed by atoms with Crippen molar-refractivity contribution < 1.29 is 9.72 Å². The molecule has 0 radical (unpaired) electrons. The van der Waals surface area contributed by atoms with E-state index in [1.54, 1.807) is 18.2 Å². The number of nitro benzene ring substituents is 1. The first-order chi connectivity index (χ1) is 14.9. The van der Waals surface area contributed by atoms with Crippen molar-refractivity contribution in [3.63, 3.8) is 0 Å². The van der Waals surface area contributed by atoms with Gasteiger partial charge in [-0.15, -0.1) is 0 Å². The van der Waals surface area contributed by atoms with Gasteiger partial charge in [-0.2, -0.15) is 5.26 Å². The van der Waals surface area contributed by atoms with Crippen molar-refractivity contribution in [2.45, 2.75) is 32.4 Å². The number of nitriles is 1. The smallest absolute Gasteiger partial charge is 0.269 e. The second-order valence-corrected chi connectivity index (χ2v) is 8.38. The average molecular weight is 419 g/mol. The van der Waals surface area contributed by atoms with Crippen LogP contribution in [0.3, 0.4) is 0 Å². The number of amides is 1. The number of anilines is 2. The molecule has 8 nitrogen and oxygen atoms in total. The Balaban J connectivity index is 1.71. The van der Waals surface area contributed by atoms with E-state index in [1.165, 1.54) is 6.07 Å². The fourth-order valence-electron chi connectivity index (χ4n) is 4.68. The number of nitro groups is 1. The molecule has 2 heterocycles. The Hall–Kier alpha value is -3.60. The zero-order chi connectivity index (χ0) is 22.1. The van der Waals surface area contributed by atoms with Gasteiger partial charge in [-0.1, -0.05) is 12.1 Å². The van der Waals surface area contributed by atoms with Crippen molar-refractivity contribution in [3.8, 4) is 6.07 Å². The number of hydrogen-bond acceptors (Lipinski definition) is 6. The Morgan fingerprint density at radius 2 is 2.00 bits per heavy atom. The molecule has 0 saturated carbocycles. The molecule has 2 aromatic carbocycles. The van der Waals surface area contributed by atoms with Crippen molar-refractivity contribution in [1.82, 2.24) is 5.32 Å². The van der Waals surface area contributed by atoms with Gasteiger partial charge < -0.3 is 15.1 Å². The maximum atomic E-state index is 13.1. The molecule has 0 spiro atoms. The Kier molecular flexibility index (Phi) is 5.51. The Labute approximate surface area is 181 Å². The van der Waals surface area contributed by atoms with Crippen molar-refractivity contribution in [2.75, 3.05) is 29.4 Å². The van der Waals surface area contributed by atoms with Crippen LogP contribution in [0.15, 0.2) is 42.5 Å². The highest BCUT2D eigenvalue weighted by atomic mass is 16.6. The van der Waals surface area contributed by atoms with E-state index in [4.69, 9.17) is 0 Å². The number of hydrogen-bond donors (Lipinski definition) is 1. The molecule has 2 aliphatic heterocycles. The maximum Gasteiger partial charge on any atom is 0.269 e. The zero-order valence-corrected chi connectivity index (χ0v) is 17.6. The first-order valence-corrected chi connectivity index (χ1v) is 10.5. The number of benzene rings is 2. The van der Waals surface area contributed by atoms with Gasteiger partial charge in [-0.3, -0.25) is 14.9 Å². The lowest BCUT2D eigenvalue weighted by Crippen LogP contribution is -2.61. The van der Waals surface area contributed by atoms with E-state index in [-0.39, 0.29) is 29.6 Å². The summed E-state index contributed by atoms with van der Waals surface area (Å²) in [7, 11) is 0. The van der Waals surface area contributed by atoms with Crippen LogP contribution in [-0.2, 0) is 11.2 Å². The van der Waals surface area contributed by atoms with Crippen molar-refractivity contribution in [3.05, 3.63) is 63.7 Å². The third kappa shape index (κ3) is 3.91. The Morgan fingerprint density at radius 1 is 1.23 bits per heavy atom. The van der Waals surface area contributed by atoms with Gasteiger partial charge in [0.2, 0.25) is 5.91 Å². The minimum Gasteiger partial charge on any atom is -0.367 e. The lowest BCUT2D eigenvalue weighted by molar-refractivity contribution is -0.384. The monoisotopic (exact) mass is 419 g/mol. The lowest BCUT2D eigenvalue weighted by Gasteiger charge is -2.49. The molecule has 1 saturated heterocycles. The molecule has 2 aliphatic rings. The molecule has 2 atom stereocenters. The minimum atomic E-state index is -0.397. The summed E-state index contributed by atoms with van der Waals surface area (Å²) in [5.41, 5.74) is 3.33. The van der Waals surface area contributed by atoms with Gasteiger partial charge in [0.25, 0.3) is 5.69 Å². The van der Waals surface area contributed by atoms with Crippen LogP contribution in [0.5, 0.6) is 0 Å². The van der Waals surface area contributed by atoms with Crippen LogP contribution in [0.4, 0.5) is 17.1 Å². The van der Waals surface area contributed by atoms with Gasteiger partial charge in [0, 0.05) is 43.5 Å². The van der Waals surface area contributed by atoms with Crippen LogP contribution in [0.2, 0.25) is 0 Å². The van der Waals surface area contributed by atoms with Gasteiger partial charge in [-0.25, -0.2) is 0 Å². The minimum absolute atomic E-state index is 0.00599. The highest BCUT2D eigenvalue weighted by Crippen LogP contribution is 2.39. The van der Waals surface area contributed by atoms with Gasteiger partial charge in [0.05, 0.1) is 28.1 Å². The molecule has 0 aromatic heterocycles. The number of carbonyl (C=O) groups is 1. The van der Waals surface area contributed by atoms with Crippen LogP contribution >= 0.6 is 0 Å². The first kappa shape index (κ1) is 20.7. The van der Waals surface area contributed by atoms with Crippen LogP contribution in [0.1, 0.15) is 25.0 Å². The molecule has 0 bridgehead atoms. The van der Waals surface area contributed by atoms with Crippen LogP contribution < -0.4 is 15.1 Å². The predicted octanol–water partition coefficient (Wildman–Crippen LogP) is 2.86. The highest BCUT2D eigenvalue weighted by Gasteiger charge is 2.42. The number of rotatable bonds is 4. The second kappa shape index (κ2) is 8.26. The second-order valence-electron chi connectivity index (χ2n) is 8.38. The Bertz CT molecular complexity index is 1060. The lowest BCUT2D eigenvalue weighted by atomic mass is 9.83. The Morgan fingerprint density at radius 3 is 2.71 bits per heavy atom. The SMILES string of the molecule is CC(C)NC(=O)[C@H]1Cc2cc([N+](=O)[O-])ccc2N2CCN(c3ccccc3C#N)C[C@H]12. The summed E-state index contributed by atoms with van der Waals surface area (Å²) in [5, 5.41) is 23.8. The third-order valence-corrected chi connectivity index (χ3v) is 6.04. The fourth-order valence-corrected chi connectivity index (χ4v) is 4.68. The van der Waals surface area contributed by atoms with Crippen LogP contribution in [0.25, 0.3) is 0 Å². The van der Waals surface area contributed by atoms with E-state index in [2.05, 4.69) is 21.2 Å². The molecule has 4 rings (SSSR count). The number of para-hydroxylation sites is 1. The van der Waals surface area contributed by atoms with Gasteiger partial charge in [0.1, 0.15) is 6.07 Å². The van der Waals surface area contributed by atoms with E-state index in [1.807, 2.05) is 32.0 Å². The van der Waals surface area contributed by atoms with Crippen molar-refractivity contribution in [1.29, 1.82) is 5.26 Å². The first-order valence-electron chi connectivity index (χ1n) is 10.5. The molecule has 0 unspecified atom stereocenters. The fraction of sp³-hybridized carbons (Fsp3) is 0.391. The number of nitrogens with one attached hydrogen (secondary N) is 1. The normalized spacial score (nSPS) is 19.9. The molecular formula is C23H25N5O3. The van der Waals surface area contributed by atoms with Crippen LogP contribution in [-0.4, -0.2) is 42.5 Å². The molecule has 31 heavy (non-hydrogen) atoms. The van der Waals surface area contributed by atoms with Crippen molar-refractivity contribution >= 4 is 23.0 Å². The molecule has 2 aromatic rings. The topological polar surface area (TPSA) is 103 Å². The molecule has 1 N–H and O–H groups in total. The predicted molar refractivity (Wildman–Crippen MR) is 118 cm³/mol. The molecule has 0 aliphatic carbocycles. The number of non-ortho nitro benzene ring substituents is 1. The summed E-state index contributed by atoms with van der Waals surface area (Å²) in [5.74, 6) is -0.383. The number of nitrogens with zero attached hydrogens (tertiary/aromatic N) is 4. The highest BCUT2D eigenvalue weighted by molar-refractivity contribution is 5.83. The third-order valence-electron chi connectivity index (χ3n) is 6.04.